The first kappa shape index (κ1) is 6.65. The molecule has 0 bridgehead atoms. The van der Waals surface area contributed by atoms with E-state index in [9.17, 15) is 4.79 Å². The molecule has 3 heteroatoms. The first-order valence-electron chi connectivity index (χ1n) is 1.44. The molecule has 0 saturated heterocycles. The molecule has 0 aromatic heterocycles. The van der Waals surface area contributed by atoms with Crippen LogP contribution >= 0.6 is 0 Å². The fourth-order valence-corrected chi connectivity index (χ4v) is 0.543. The fraction of sp³-hybridized carbons (Fsp3) is 0. The van der Waals surface area contributed by atoms with Gasteiger partial charge in [0.25, 0.3) is 0 Å². The standard InChI is InChI=1S/C3H5NO.Ac/c1-2-3(4)5;/h2H,1H2,(H2,4,5);/q;+1/p-1. The fourth-order valence-electron chi connectivity index (χ4n) is 0.0589. The van der Waals surface area contributed by atoms with Crippen LogP contribution in [0.25, 0.3) is 0 Å². The van der Waals surface area contributed by atoms with E-state index in [-0.39, 0.29) is 5.91 Å². The van der Waals surface area contributed by atoms with Gasteiger partial charge in [-0.25, -0.2) is 0 Å². The molecule has 0 rings (SSSR count). The topological polar surface area (TPSA) is 29.1 Å². The summed E-state index contributed by atoms with van der Waals surface area (Å²) in [5.74, 6) is -0.0596. The Hall–Kier alpha value is 0.652. The van der Waals surface area contributed by atoms with Crippen molar-refractivity contribution in [3.05, 3.63) is 12.7 Å². The Kier molecular flexibility index (Phi) is 4.24. The molecule has 0 aliphatic carbocycles. The van der Waals surface area contributed by atoms with Crippen LogP contribution in [0.15, 0.2) is 12.7 Å². The first-order chi connectivity index (χ1) is 2.81. The average molecular weight is 297 g/mol. The van der Waals surface area contributed by atoms with Crippen molar-refractivity contribution >= 4 is 5.91 Å². The third-order valence-electron chi connectivity index (χ3n) is 0.328. The normalized spacial score (nSPS) is 7.00. The van der Waals surface area contributed by atoms with Gasteiger partial charge in [0.2, 0.25) is 0 Å². The monoisotopic (exact) mass is 297 g/mol. The van der Waals surface area contributed by atoms with E-state index in [0.717, 1.165) is 0 Å². The maximum absolute atomic E-state index is 10.00. The molecule has 0 atom stereocenters. The molecule has 0 aromatic carbocycles. The molecule has 0 fully saturated rings. The van der Waals surface area contributed by atoms with Gasteiger partial charge in [-0.2, -0.15) is 0 Å². The zero-order valence-electron chi connectivity index (χ0n) is 3.27. The van der Waals surface area contributed by atoms with Gasteiger partial charge in [-0.05, 0) is 0 Å². The van der Waals surface area contributed by atoms with Crippen LogP contribution in [-0.4, -0.2) is 5.91 Å². The van der Waals surface area contributed by atoms with Gasteiger partial charge in [0.05, 0.1) is 0 Å². The Balaban J connectivity index is 3.23. The second kappa shape index (κ2) is 3.83. The van der Waals surface area contributed by atoms with E-state index in [0.29, 0.717) is 42.3 Å². The summed E-state index contributed by atoms with van der Waals surface area (Å²) in [6.07, 6.45) is 1.27. The Morgan fingerprint density at radius 1 is 2.00 bits per heavy atom. The SMILES string of the molecule is C=CC(=O)[NH][Ac]. The molecule has 0 aliphatic rings. The molecule has 0 heterocycles. The van der Waals surface area contributed by atoms with Gasteiger partial charge >= 0.3 is 66.6 Å². The number of amides is 1. The van der Waals surface area contributed by atoms with Crippen molar-refractivity contribution in [1.29, 1.82) is 0 Å². The maximum atomic E-state index is 10.00. The summed E-state index contributed by atoms with van der Waals surface area (Å²) in [6, 6.07) is 0. The van der Waals surface area contributed by atoms with Gasteiger partial charge in [-0.15, -0.1) is 0 Å². The zero-order valence-corrected chi connectivity index (χ0v) is 8.02. The molecule has 30 valence electrons. The van der Waals surface area contributed by atoms with E-state index >= 15 is 0 Å². The number of rotatable bonds is 1. The Bertz CT molecular complexity index is 71.2. The molecule has 6 heavy (non-hydrogen) atoms. The summed E-state index contributed by atoms with van der Waals surface area (Å²) in [7, 11) is 0. The molecular formula is C3H4AcNO. The predicted molar refractivity (Wildman–Crippen MR) is 18.3 cm³/mol. The number of hydrogen-bond acceptors (Lipinski definition) is 1. The number of nitrogens with one attached hydrogen (secondary N) is 1. The minimum absolute atomic E-state index is 0.0596. The molecule has 0 unspecified atom stereocenters. The van der Waals surface area contributed by atoms with Crippen molar-refractivity contribution in [2.45, 2.75) is 0 Å². The third-order valence-corrected chi connectivity index (χ3v) is 1.50. The van der Waals surface area contributed by atoms with Crippen LogP contribution in [0.5, 0.6) is 0 Å². The van der Waals surface area contributed by atoms with E-state index in [1.165, 1.54) is 6.08 Å². The predicted octanol–water partition coefficient (Wildman–Crippen LogP) is -0.247. The van der Waals surface area contributed by atoms with Gasteiger partial charge in [0.1, 0.15) is 0 Å². The van der Waals surface area contributed by atoms with Crippen LogP contribution < -0.4 is 0.974 Å². The minimum atomic E-state index is -0.0596. The quantitative estimate of drug-likeness (QED) is 0.665. The Labute approximate surface area is 65.8 Å². The summed E-state index contributed by atoms with van der Waals surface area (Å²) in [6.45, 7) is 3.25. The molecule has 0 saturated carbocycles. The zero-order chi connectivity index (χ0) is 4.99. The third kappa shape index (κ3) is 2.87. The molecule has 0 radical (unpaired) electrons. The number of carbonyl (C=O) groups is 1. The Morgan fingerprint density at radius 2 is 2.50 bits per heavy atom. The van der Waals surface area contributed by atoms with Crippen molar-refractivity contribution in [2.24, 2.45) is 0 Å². The van der Waals surface area contributed by atoms with Crippen molar-refractivity contribution in [3.63, 3.8) is 0 Å². The summed E-state index contributed by atoms with van der Waals surface area (Å²) in [4.78, 5) is 10.00. The van der Waals surface area contributed by atoms with Crippen LogP contribution in [0.4, 0.5) is 0 Å². The molecule has 1 N–H and O–H groups in total. The van der Waals surface area contributed by atoms with Crippen LogP contribution in [0.1, 0.15) is 0 Å². The van der Waals surface area contributed by atoms with Gasteiger partial charge in [-0.1, -0.05) is 0 Å². The molecular weight excluding hydrogens is 293 g/mol. The van der Waals surface area contributed by atoms with Crippen molar-refractivity contribution in [2.75, 3.05) is 0 Å². The summed E-state index contributed by atoms with van der Waals surface area (Å²) in [5, 5.41) is 0. The molecule has 0 spiro atoms. The van der Waals surface area contributed by atoms with Crippen LogP contribution in [0.3, 0.4) is 0 Å². The Morgan fingerprint density at radius 3 is 2.50 bits per heavy atom. The number of carbonyl (C=O) groups excluding carboxylic acids is 1. The van der Waals surface area contributed by atoms with Gasteiger partial charge in [0, 0.05) is 0 Å². The number of hydrogen-bond donors (Lipinski definition) is 1. The second-order valence-corrected chi connectivity index (χ2v) is 1.90. The van der Waals surface area contributed by atoms with E-state index in [4.69, 9.17) is 0 Å². The van der Waals surface area contributed by atoms with Crippen molar-refractivity contribution < 1.29 is 47.1 Å². The van der Waals surface area contributed by atoms with E-state index in [1.807, 2.05) is 0 Å². The van der Waals surface area contributed by atoms with E-state index < -0.39 is 0 Å². The average Bonchev–Trinajstić information content (AvgIpc) is 1.65. The van der Waals surface area contributed by atoms with Crippen molar-refractivity contribution in [1.82, 2.24) is 0.974 Å². The molecule has 0 aromatic rings. The van der Waals surface area contributed by atoms with Gasteiger partial charge in [0.15, 0.2) is 0 Å². The molecule has 0 aliphatic heterocycles. The van der Waals surface area contributed by atoms with E-state index in [2.05, 4.69) is 7.55 Å². The van der Waals surface area contributed by atoms with Crippen LogP contribution in [0, 0.1) is 42.3 Å². The summed E-state index contributed by atoms with van der Waals surface area (Å²) < 4.78 is 2.55. The molecule has 2 nitrogen and oxygen atoms in total. The van der Waals surface area contributed by atoms with Crippen LogP contribution in [-0.2, 0) is 4.79 Å². The van der Waals surface area contributed by atoms with Crippen LogP contribution in [0.2, 0.25) is 0 Å². The van der Waals surface area contributed by atoms with Gasteiger partial charge in [-0.3, -0.25) is 0 Å². The van der Waals surface area contributed by atoms with Crippen molar-refractivity contribution in [3.8, 4) is 0 Å². The van der Waals surface area contributed by atoms with Gasteiger partial charge < -0.3 is 0 Å². The first-order valence-corrected chi connectivity index (χ1v) is 3.81. The van der Waals surface area contributed by atoms with E-state index in [1.54, 1.807) is 0 Å². The summed E-state index contributed by atoms with van der Waals surface area (Å²) in [5.41, 5.74) is 0. The summed E-state index contributed by atoms with van der Waals surface area (Å²) >= 11 is 0.407. The second-order valence-electron chi connectivity index (χ2n) is 0.713. The molecule has 1 amide bonds.